The SMILES string of the molecule is NCO[B]Cc1cccc(NCCO)c1. The number of aliphatic hydroxyl groups excluding tert-OH is 1. The van der Waals surface area contributed by atoms with E-state index in [9.17, 15) is 0 Å². The molecule has 4 N–H and O–H groups in total. The summed E-state index contributed by atoms with van der Waals surface area (Å²) in [5, 5.41) is 11.8. The molecular weight excluding hydrogens is 191 g/mol. The Balaban J connectivity index is 2.42. The Labute approximate surface area is 90.7 Å². The molecule has 0 saturated carbocycles. The highest BCUT2D eigenvalue weighted by atomic mass is 16.4. The first kappa shape index (κ1) is 12.0. The van der Waals surface area contributed by atoms with Crippen LogP contribution in [-0.2, 0) is 11.0 Å². The van der Waals surface area contributed by atoms with Crippen LogP contribution in [0.3, 0.4) is 0 Å². The Hall–Kier alpha value is -1.04. The normalized spacial score (nSPS) is 10.0. The van der Waals surface area contributed by atoms with E-state index in [4.69, 9.17) is 15.5 Å². The Morgan fingerprint density at radius 3 is 3.07 bits per heavy atom. The standard InChI is InChI=1S/C10H16BN2O2/c12-8-15-11-7-9-2-1-3-10(6-9)13-4-5-14/h1-3,6,13-14H,4-5,7-8,12H2. The van der Waals surface area contributed by atoms with Gasteiger partial charge in [-0.3, -0.25) is 0 Å². The molecule has 15 heavy (non-hydrogen) atoms. The second-order valence-corrected chi connectivity index (χ2v) is 3.05. The van der Waals surface area contributed by atoms with Crippen molar-refractivity contribution in [1.29, 1.82) is 0 Å². The third-order valence-electron chi connectivity index (χ3n) is 1.90. The summed E-state index contributed by atoms with van der Waals surface area (Å²) in [6, 6.07) is 7.96. The van der Waals surface area contributed by atoms with Crippen LogP contribution in [0.15, 0.2) is 24.3 Å². The minimum atomic E-state index is 0.132. The van der Waals surface area contributed by atoms with Crippen molar-refractivity contribution < 1.29 is 9.76 Å². The van der Waals surface area contributed by atoms with Crippen molar-refractivity contribution in [2.45, 2.75) is 6.32 Å². The Morgan fingerprint density at radius 2 is 2.33 bits per heavy atom. The maximum absolute atomic E-state index is 8.67. The lowest BCUT2D eigenvalue weighted by Gasteiger charge is -2.06. The van der Waals surface area contributed by atoms with Gasteiger partial charge in [-0.1, -0.05) is 17.7 Å². The van der Waals surface area contributed by atoms with Crippen LogP contribution < -0.4 is 11.1 Å². The van der Waals surface area contributed by atoms with Gasteiger partial charge in [0.25, 0.3) is 7.48 Å². The fourth-order valence-electron chi connectivity index (χ4n) is 1.23. The van der Waals surface area contributed by atoms with Gasteiger partial charge in [0, 0.05) is 12.2 Å². The monoisotopic (exact) mass is 207 g/mol. The molecule has 0 saturated heterocycles. The summed E-state index contributed by atoms with van der Waals surface area (Å²) in [5.74, 6) is 0. The molecule has 0 heterocycles. The van der Waals surface area contributed by atoms with Gasteiger partial charge in [0.1, 0.15) is 0 Å². The van der Waals surface area contributed by atoms with Gasteiger partial charge in [0.05, 0.1) is 13.3 Å². The molecule has 1 radical (unpaired) electrons. The van der Waals surface area contributed by atoms with Gasteiger partial charge in [-0.15, -0.1) is 0 Å². The first-order valence-electron chi connectivity index (χ1n) is 4.94. The fraction of sp³-hybridized carbons (Fsp3) is 0.400. The molecule has 1 rings (SSSR count). The molecule has 0 aromatic heterocycles. The number of anilines is 1. The number of hydrogen-bond acceptors (Lipinski definition) is 4. The summed E-state index contributed by atoms with van der Waals surface area (Å²) < 4.78 is 4.95. The van der Waals surface area contributed by atoms with Crippen LogP contribution in [0.2, 0.25) is 0 Å². The molecule has 0 spiro atoms. The number of nitrogens with two attached hydrogens (primary N) is 1. The van der Waals surface area contributed by atoms with Crippen molar-refractivity contribution in [2.24, 2.45) is 5.73 Å². The number of benzene rings is 1. The summed E-state index contributed by atoms with van der Waals surface area (Å²) in [6.45, 7) is 0.904. The van der Waals surface area contributed by atoms with Crippen LogP contribution in [0.5, 0.6) is 0 Å². The molecule has 1 aromatic rings. The van der Waals surface area contributed by atoms with Crippen LogP contribution >= 0.6 is 0 Å². The maximum Gasteiger partial charge on any atom is 0.298 e. The molecule has 1 aromatic carbocycles. The minimum absolute atomic E-state index is 0.132. The van der Waals surface area contributed by atoms with E-state index in [1.165, 1.54) is 0 Å². The summed E-state index contributed by atoms with van der Waals surface area (Å²) in [5.41, 5.74) is 7.34. The van der Waals surface area contributed by atoms with Gasteiger partial charge in [-0.05, 0) is 18.5 Å². The largest absolute Gasteiger partial charge is 0.428 e. The lowest BCUT2D eigenvalue weighted by molar-refractivity contribution is 0.311. The summed E-state index contributed by atoms with van der Waals surface area (Å²) in [6.07, 6.45) is 0.728. The van der Waals surface area contributed by atoms with E-state index >= 15 is 0 Å². The highest BCUT2D eigenvalue weighted by Crippen LogP contribution is 2.10. The van der Waals surface area contributed by atoms with Crippen molar-refractivity contribution in [3.63, 3.8) is 0 Å². The quantitative estimate of drug-likeness (QED) is 0.338. The first-order chi connectivity index (χ1) is 7.36. The number of rotatable bonds is 7. The van der Waals surface area contributed by atoms with Crippen LogP contribution in [0.4, 0.5) is 5.69 Å². The van der Waals surface area contributed by atoms with Crippen LogP contribution in [0.25, 0.3) is 0 Å². The van der Waals surface area contributed by atoms with Gasteiger partial charge in [0.2, 0.25) is 0 Å². The van der Waals surface area contributed by atoms with Gasteiger partial charge >= 0.3 is 0 Å². The molecule has 0 amide bonds. The predicted octanol–water partition coefficient (Wildman–Crippen LogP) is 0.143. The zero-order valence-electron chi connectivity index (χ0n) is 8.65. The van der Waals surface area contributed by atoms with Crippen molar-refractivity contribution in [3.8, 4) is 0 Å². The van der Waals surface area contributed by atoms with Crippen LogP contribution in [-0.4, -0.2) is 32.5 Å². The zero-order chi connectivity index (χ0) is 10.9. The molecular formula is C10H16BN2O2. The van der Waals surface area contributed by atoms with Gasteiger partial charge in [-0.2, -0.15) is 0 Å². The zero-order valence-corrected chi connectivity index (χ0v) is 8.65. The topological polar surface area (TPSA) is 67.5 Å². The van der Waals surface area contributed by atoms with Crippen LogP contribution in [0, 0.1) is 0 Å². The van der Waals surface area contributed by atoms with E-state index in [1.54, 1.807) is 7.48 Å². The van der Waals surface area contributed by atoms with E-state index in [0.29, 0.717) is 6.54 Å². The second-order valence-electron chi connectivity index (χ2n) is 3.05. The smallest absolute Gasteiger partial charge is 0.298 e. The predicted molar refractivity (Wildman–Crippen MR) is 61.6 cm³/mol. The number of nitrogens with one attached hydrogen (secondary N) is 1. The van der Waals surface area contributed by atoms with E-state index < -0.39 is 0 Å². The molecule has 4 nitrogen and oxygen atoms in total. The van der Waals surface area contributed by atoms with Crippen molar-refractivity contribution in [3.05, 3.63) is 29.8 Å². The van der Waals surface area contributed by atoms with E-state index in [-0.39, 0.29) is 13.3 Å². The fourth-order valence-corrected chi connectivity index (χ4v) is 1.23. The molecule has 81 valence electrons. The maximum atomic E-state index is 8.67. The molecule has 5 heteroatoms. The minimum Gasteiger partial charge on any atom is -0.428 e. The van der Waals surface area contributed by atoms with Crippen LogP contribution in [0.1, 0.15) is 5.56 Å². The number of hydrogen-bond donors (Lipinski definition) is 3. The van der Waals surface area contributed by atoms with E-state index in [0.717, 1.165) is 17.6 Å². The average Bonchev–Trinajstić information content (AvgIpc) is 2.27. The Morgan fingerprint density at radius 1 is 1.47 bits per heavy atom. The van der Waals surface area contributed by atoms with E-state index in [2.05, 4.69) is 5.32 Å². The Bertz CT molecular complexity index is 284. The molecule has 0 atom stereocenters. The summed E-state index contributed by atoms with van der Waals surface area (Å²) in [4.78, 5) is 0. The lowest BCUT2D eigenvalue weighted by Crippen LogP contribution is -2.11. The van der Waals surface area contributed by atoms with E-state index in [1.807, 2.05) is 24.3 Å². The first-order valence-corrected chi connectivity index (χ1v) is 4.94. The summed E-state index contributed by atoms with van der Waals surface area (Å²) in [7, 11) is 1.69. The molecule has 0 fully saturated rings. The highest BCUT2D eigenvalue weighted by molar-refractivity contribution is 6.26. The molecule has 0 aliphatic rings. The molecule has 0 bridgehead atoms. The van der Waals surface area contributed by atoms with Gasteiger partial charge in [0.15, 0.2) is 0 Å². The third kappa shape index (κ3) is 4.83. The Kier molecular flexibility index (Phi) is 5.84. The lowest BCUT2D eigenvalue weighted by atomic mass is 9.89. The molecule has 0 unspecified atom stereocenters. The van der Waals surface area contributed by atoms with Crippen molar-refractivity contribution >= 4 is 13.2 Å². The average molecular weight is 207 g/mol. The summed E-state index contributed by atoms with van der Waals surface area (Å²) >= 11 is 0. The molecule has 0 aliphatic heterocycles. The molecule has 0 aliphatic carbocycles. The third-order valence-corrected chi connectivity index (χ3v) is 1.90. The van der Waals surface area contributed by atoms with Crippen molar-refractivity contribution in [1.82, 2.24) is 0 Å². The highest BCUT2D eigenvalue weighted by Gasteiger charge is 1.97. The second kappa shape index (κ2) is 7.28. The number of aliphatic hydroxyl groups is 1. The van der Waals surface area contributed by atoms with Gasteiger partial charge < -0.3 is 20.8 Å². The van der Waals surface area contributed by atoms with Gasteiger partial charge in [-0.25, -0.2) is 0 Å². The van der Waals surface area contributed by atoms with Crippen molar-refractivity contribution in [2.75, 3.05) is 25.2 Å².